The van der Waals surface area contributed by atoms with Gasteiger partial charge in [0.2, 0.25) is 0 Å². The number of hydrogen-bond donors (Lipinski definition) is 1. The number of halogens is 2. The number of aliphatic carboxylic acids is 1. The van der Waals surface area contributed by atoms with E-state index in [4.69, 9.17) is 16.7 Å². The Hall–Kier alpha value is -0.940. The van der Waals surface area contributed by atoms with Gasteiger partial charge in [-0.05, 0) is 24.6 Å². The Balaban J connectivity index is 2.77. The van der Waals surface area contributed by atoms with Crippen molar-refractivity contribution in [1.29, 1.82) is 0 Å². The van der Waals surface area contributed by atoms with Crippen LogP contribution in [0.1, 0.15) is 12.5 Å². The molecule has 0 fully saturated rings. The zero-order valence-electron chi connectivity index (χ0n) is 8.44. The van der Waals surface area contributed by atoms with Gasteiger partial charge >= 0.3 is 5.97 Å². The van der Waals surface area contributed by atoms with E-state index in [1.54, 1.807) is 0 Å². The molecule has 0 aromatic heterocycles. The number of hydrogen-bond acceptors (Lipinski definition) is 2. The van der Waals surface area contributed by atoms with Gasteiger partial charge in [-0.1, -0.05) is 17.7 Å². The molecule has 0 radical (unpaired) electrons. The summed E-state index contributed by atoms with van der Waals surface area (Å²) in [6, 6.07) is 3.96. The molecule has 1 aromatic carbocycles. The summed E-state index contributed by atoms with van der Waals surface area (Å²) in [6.45, 7) is 1.36. The smallest absolute Gasteiger partial charge is 0.318 e. The van der Waals surface area contributed by atoms with Gasteiger partial charge < -0.3 is 5.11 Å². The average Bonchev–Trinajstić information content (AvgIpc) is 2.22. The Morgan fingerprint density at radius 1 is 1.62 bits per heavy atom. The molecular formula is C10H10ClFO3S. The van der Waals surface area contributed by atoms with Crippen LogP contribution in [0.5, 0.6) is 0 Å². The van der Waals surface area contributed by atoms with Gasteiger partial charge in [-0.3, -0.25) is 9.00 Å². The average molecular weight is 265 g/mol. The van der Waals surface area contributed by atoms with Gasteiger partial charge in [-0.15, -0.1) is 0 Å². The Labute approximate surface area is 99.7 Å². The Kier molecular flexibility index (Phi) is 4.44. The minimum atomic E-state index is -1.54. The van der Waals surface area contributed by atoms with Crippen molar-refractivity contribution in [2.75, 3.05) is 0 Å². The molecule has 0 saturated carbocycles. The summed E-state index contributed by atoms with van der Waals surface area (Å²) >= 11 is 5.55. The van der Waals surface area contributed by atoms with Crippen molar-refractivity contribution in [1.82, 2.24) is 0 Å². The third kappa shape index (κ3) is 3.28. The molecular weight excluding hydrogens is 255 g/mol. The normalized spacial score (nSPS) is 14.4. The summed E-state index contributed by atoms with van der Waals surface area (Å²) < 4.78 is 24.4. The van der Waals surface area contributed by atoms with Crippen molar-refractivity contribution in [3.8, 4) is 0 Å². The minimum absolute atomic E-state index is 0.0491. The van der Waals surface area contributed by atoms with Gasteiger partial charge in [-0.25, -0.2) is 4.39 Å². The van der Waals surface area contributed by atoms with E-state index in [1.807, 2.05) is 0 Å². The topological polar surface area (TPSA) is 54.4 Å². The Bertz CT molecular complexity index is 436. The summed E-state index contributed by atoms with van der Waals surface area (Å²) in [5.41, 5.74) is 0.554. The molecule has 1 aromatic rings. The number of carbonyl (C=O) groups is 1. The quantitative estimate of drug-likeness (QED) is 0.907. The van der Waals surface area contributed by atoms with Crippen LogP contribution >= 0.6 is 11.6 Å². The Morgan fingerprint density at radius 3 is 2.75 bits per heavy atom. The molecule has 0 heterocycles. The third-order valence-corrected chi connectivity index (χ3v) is 3.93. The van der Waals surface area contributed by atoms with Crippen molar-refractivity contribution in [2.45, 2.75) is 17.9 Å². The van der Waals surface area contributed by atoms with Crippen LogP contribution in [0.25, 0.3) is 0 Å². The summed E-state index contributed by atoms with van der Waals surface area (Å²) in [5.74, 6) is -1.62. The monoisotopic (exact) mass is 264 g/mol. The molecule has 1 N–H and O–H groups in total. The van der Waals surface area contributed by atoms with Crippen LogP contribution in [0.15, 0.2) is 18.2 Å². The molecule has 0 aliphatic rings. The van der Waals surface area contributed by atoms with Crippen molar-refractivity contribution in [3.63, 3.8) is 0 Å². The molecule has 0 spiro atoms. The van der Waals surface area contributed by atoms with Crippen LogP contribution in [0.3, 0.4) is 0 Å². The van der Waals surface area contributed by atoms with E-state index in [0.29, 0.717) is 5.56 Å². The minimum Gasteiger partial charge on any atom is -0.480 e. The van der Waals surface area contributed by atoms with E-state index in [2.05, 4.69) is 0 Å². The molecule has 0 aliphatic carbocycles. The molecule has 0 bridgehead atoms. The highest BCUT2D eigenvalue weighted by Gasteiger charge is 2.19. The fourth-order valence-corrected chi connectivity index (χ4v) is 2.22. The predicted octanol–water partition coefficient (Wildman–Crippen LogP) is 2.20. The van der Waals surface area contributed by atoms with E-state index in [-0.39, 0.29) is 10.8 Å². The molecule has 2 unspecified atom stereocenters. The van der Waals surface area contributed by atoms with Crippen molar-refractivity contribution in [3.05, 3.63) is 34.6 Å². The number of carboxylic acid groups (broad SMARTS) is 1. The number of carboxylic acids is 1. The van der Waals surface area contributed by atoms with Crippen molar-refractivity contribution >= 4 is 28.4 Å². The second-order valence-electron chi connectivity index (χ2n) is 3.25. The van der Waals surface area contributed by atoms with Crippen LogP contribution < -0.4 is 0 Å². The van der Waals surface area contributed by atoms with Crippen LogP contribution in [-0.2, 0) is 21.3 Å². The fourth-order valence-electron chi connectivity index (χ4n) is 1.03. The molecule has 0 aliphatic heterocycles. The van der Waals surface area contributed by atoms with Crippen molar-refractivity contribution in [2.24, 2.45) is 0 Å². The maximum atomic E-state index is 12.8. The molecule has 3 nitrogen and oxygen atoms in total. The molecule has 0 amide bonds. The second-order valence-corrected chi connectivity index (χ2v) is 5.42. The van der Waals surface area contributed by atoms with E-state index < -0.39 is 27.8 Å². The highest BCUT2D eigenvalue weighted by molar-refractivity contribution is 7.85. The first-order valence-corrected chi connectivity index (χ1v) is 6.21. The maximum absolute atomic E-state index is 12.8. The van der Waals surface area contributed by atoms with E-state index >= 15 is 0 Å². The predicted molar refractivity (Wildman–Crippen MR) is 60.4 cm³/mol. The lowest BCUT2D eigenvalue weighted by Gasteiger charge is -2.07. The summed E-state index contributed by atoms with van der Waals surface area (Å²) in [5, 5.41) is 7.64. The van der Waals surface area contributed by atoms with Crippen LogP contribution in [-0.4, -0.2) is 20.5 Å². The van der Waals surface area contributed by atoms with Gasteiger partial charge in [0, 0.05) is 16.6 Å². The summed E-state index contributed by atoms with van der Waals surface area (Å²) in [7, 11) is -1.54. The second kappa shape index (κ2) is 5.41. The fraction of sp³-hybridized carbons (Fsp3) is 0.300. The van der Waals surface area contributed by atoms with Crippen molar-refractivity contribution < 1.29 is 18.5 Å². The molecule has 1 rings (SSSR count). The van der Waals surface area contributed by atoms with Gasteiger partial charge in [0.1, 0.15) is 11.1 Å². The zero-order valence-corrected chi connectivity index (χ0v) is 10.0. The molecule has 2 atom stereocenters. The SMILES string of the molecule is CC(C(=O)O)S(=O)Cc1ccc(F)c(Cl)c1. The largest absolute Gasteiger partial charge is 0.480 e. The molecule has 6 heteroatoms. The first kappa shape index (κ1) is 13.1. The number of benzene rings is 1. The molecule has 88 valence electrons. The number of rotatable bonds is 4. The molecule has 16 heavy (non-hydrogen) atoms. The lowest BCUT2D eigenvalue weighted by atomic mass is 10.2. The van der Waals surface area contributed by atoms with E-state index in [9.17, 15) is 13.4 Å². The highest BCUT2D eigenvalue weighted by atomic mass is 35.5. The van der Waals surface area contributed by atoms with Gasteiger partial charge in [0.05, 0.1) is 5.02 Å². The summed E-state index contributed by atoms with van der Waals surface area (Å²) in [6.07, 6.45) is 0. The highest BCUT2D eigenvalue weighted by Crippen LogP contribution is 2.17. The lowest BCUT2D eigenvalue weighted by molar-refractivity contribution is -0.136. The van der Waals surface area contributed by atoms with Gasteiger partial charge in [0.25, 0.3) is 0 Å². The maximum Gasteiger partial charge on any atom is 0.318 e. The van der Waals surface area contributed by atoms with Gasteiger partial charge in [0.15, 0.2) is 0 Å². The van der Waals surface area contributed by atoms with Crippen LogP contribution in [0, 0.1) is 5.82 Å². The molecule has 0 saturated heterocycles. The zero-order chi connectivity index (χ0) is 12.3. The van der Waals surface area contributed by atoms with E-state index in [1.165, 1.54) is 25.1 Å². The lowest BCUT2D eigenvalue weighted by Crippen LogP contribution is -2.22. The Morgan fingerprint density at radius 2 is 2.25 bits per heavy atom. The van der Waals surface area contributed by atoms with E-state index in [0.717, 1.165) is 0 Å². The summed E-state index contributed by atoms with van der Waals surface area (Å²) in [4.78, 5) is 10.6. The van der Waals surface area contributed by atoms with Gasteiger partial charge in [-0.2, -0.15) is 0 Å². The van der Waals surface area contributed by atoms with Crippen LogP contribution in [0.2, 0.25) is 5.02 Å². The first-order valence-electron chi connectivity index (χ1n) is 4.45. The van der Waals surface area contributed by atoms with Crippen LogP contribution in [0.4, 0.5) is 4.39 Å². The third-order valence-electron chi connectivity index (χ3n) is 2.04. The first-order chi connectivity index (χ1) is 7.41. The standard InChI is InChI=1S/C10H10ClFO3S/c1-6(10(13)14)16(15)5-7-2-3-9(12)8(11)4-7/h2-4,6H,5H2,1H3,(H,13,14).